The molecule has 2 aromatic rings. The lowest BCUT2D eigenvalue weighted by molar-refractivity contribution is -0.117. The second kappa shape index (κ2) is 4.81. The molecule has 1 fully saturated rings. The van der Waals surface area contributed by atoms with Gasteiger partial charge in [0.15, 0.2) is 0 Å². The van der Waals surface area contributed by atoms with E-state index in [1.807, 2.05) is 24.3 Å². The number of benzene rings is 1. The van der Waals surface area contributed by atoms with Crippen LogP contribution in [-0.4, -0.2) is 29.4 Å². The Morgan fingerprint density at radius 1 is 1.47 bits per heavy atom. The molecule has 19 heavy (non-hydrogen) atoms. The van der Waals surface area contributed by atoms with Crippen LogP contribution in [0.15, 0.2) is 30.5 Å². The number of pyridine rings is 1. The van der Waals surface area contributed by atoms with Gasteiger partial charge in [-0.25, -0.2) is 0 Å². The molecule has 1 unspecified atom stereocenters. The van der Waals surface area contributed by atoms with Crippen molar-refractivity contribution in [2.75, 3.05) is 18.6 Å². The number of nitrogens with zero attached hydrogens (tertiary/aromatic N) is 2. The van der Waals surface area contributed by atoms with Crippen molar-refractivity contribution >= 4 is 38.4 Å². The molecule has 5 heteroatoms. The fourth-order valence-corrected chi connectivity index (χ4v) is 2.93. The molecule has 1 amide bonds. The van der Waals surface area contributed by atoms with Gasteiger partial charge in [0.05, 0.1) is 18.3 Å². The summed E-state index contributed by atoms with van der Waals surface area (Å²) in [4.78, 5) is 18.4. The normalized spacial score (nSPS) is 19.2. The number of fused-ring (bicyclic) bond motifs is 1. The van der Waals surface area contributed by atoms with Gasteiger partial charge < -0.3 is 9.64 Å². The van der Waals surface area contributed by atoms with Gasteiger partial charge in [-0.15, -0.1) is 0 Å². The van der Waals surface area contributed by atoms with Crippen LogP contribution in [-0.2, 0) is 4.79 Å². The van der Waals surface area contributed by atoms with Gasteiger partial charge in [0, 0.05) is 35.4 Å². The van der Waals surface area contributed by atoms with E-state index in [1.165, 1.54) is 0 Å². The summed E-state index contributed by atoms with van der Waals surface area (Å²) < 4.78 is 5.31. The number of halogens is 1. The van der Waals surface area contributed by atoms with Crippen LogP contribution in [0.3, 0.4) is 0 Å². The van der Waals surface area contributed by atoms with Gasteiger partial charge in [0.1, 0.15) is 5.75 Å². The molecule has 98 valence electrons. The quantitative estimate of drug-likeness (QED) is 0.799. The van der Waals surface area contributed by atoms with E-state index in [0.29, 0.717) is 13.0 Å². The molecule has 1 aliphatic heterocycles. The molecule has 4 nitrogen and oxygen atoms in total. The summed E-state index contributed by atoms with van der Waals surface area (Å²) in [5.74, 6) is 0.850. The Kier molecular flexibility index (Phi) is 3.14. The molecule has 3 rings (SSSR count). The zero-order chi connectivity index (χ0) is 13.4. The fraction of sp³-hybridized carbons (Fsp3) is 0.286. The number of alkyl halides is 1. The molecule has 1 saturated heterocycles. The average molecular weight is 321 g/mol. The molecular formula is C14H13BrN2O2. The molecule has 0 spiro atoms. The highest BCUT2D eigenvalue weighted by Gasteiger charge is 2.30. The molecule has 0 saturated carbocycles. The molecular weight excluding hydrogens is 308 g/mol. The van der Waals surface area contributed by atoms with Crippen molar-refractivity contribution < 1.29 is 9.53 Å². The monoisotopic (exact) mass is 320 g/mol. The Bertz CT molecular complexity index is 644. The van der Waals surface area contributed by atoms with Gasteiger partial charge in [-0.1, -0.05) is 22.0 Å². The largest absolute Gasteiger partial charge is 0.497 e. The number of ether oxygens (including phenoxy) is 1. The summed E-state index contributed by atoms with van der Waals surface area (Å²) in [7, 11) is 1.63. The number of hydrogen-bond acceptors (Lipinski definition) is 3. The van der Waals surface area contributed by atoms with E-state index in [1.54, 1.807) is 18.2 Å². The molecule has 1 atom stereocenters. The van der Waals surface area contributed by atoms with E-state index in [-0.39, 0.29) is 10.7 Å². The molecule has 0 N–H and O–H groups in total. The fourth-order valence-electron chi connectivity index (χ4n) is 2.37. The van der Waals surface area contributed by atoms with E-state index in [4.69, 9.17) is 4.74 Å². The molecule has 1 aliphatic rings. The maximum atomic E-state index is 12.1. The highest BCUT2D eigenvalue weighted by atomic mass is 79.9. The first-order valence-corrected chi connectivity index (χ1v) is 6.98. The van der Waals surface area contributed by atoms with Crippen molar-refractivity contribution in [1.82, 2.24) is 4.98 Å². The zero-order valence-corrected chi connectivity index (χ0v) is 12.1. The number of carbonyl (C=O) groups is 1. The van der Waals surface area contributed by atoms with Crippen molar-refractivity contribution in [2.24, 2.45) is 0 Å². The van der Waals surface area contributed by atoms with E-state index in [9.17, 15) is 4.79 Å². The molecule has 0 bridgehead atoms. The predicted octanol–water partition coefficient (Wildman–Crippen LogP) is 2.74. The number of aromatic nitrogens is 1. The maximum Gasteiger partial charge on any atom is 0.228 e. The van der Waals surface area contributed by atoms with Crippen molar-refractivity contribution in [1.29, 1.82) is 0 Å². The third kappa shape index (κ3) is 2.18. The van der Waals surface area contributed by atoms with Crippen molar-refractivity contribution in [3.8, 4) is 5.75 Å². The van der Waals surface area contributed by atoms with Gasteiger partial charge >= 0.3 is 0 Å². The average Bonchev–Trinajstić information content (AvgIpc) is 2.76. The highest BCUT2D eigenvalue weighted by Crippen LogP contribution is 2.34. The minimum absolute atomic E-state index is 0.113. The van der Waals surface area contributed by atoms with E-state index in [2.05, 4.69) is 20.9 Å². The lowest BCUT2D eigenvalue weighted by Gasteiger charge is -2.18. The third-order valence-electron chi connectivity index (χ3n) is 3.26. The summed E-state index contributed by atoms with van der Waals surface area (Å²) in [6, 6.07) is 7.65. The minimum Gasteiger partial charge on any atom is -0.497 e. The lowest BCUT2D eigenvalue weighted by Crippen LogP contribution is -2.25. The second-order valence-corrected chi connectivity index (χ2v) is 5.82. The van der Waals surface area contributed by atoms with Gasteiger partial charge in [-0.2, -0.15) is 0 Å². The number of carbonyl (C=O) groups excluding carboxylic acids is 1. The van der Waals surface area contributed by atoms with Gasteiger partial charge in [0.25, 0.3) is 0 Å². The Hall–Kier alpha value is -1.62. The first-order chi connectivity index (χ1) is 9.19. The summed E-state index contributed by atoms with van der Waals surface area (Å²) in [6.45, 7) is 0.664. The van der Waals surface area contributed by atoms with Crippen molar-refractivity contribution in [3.05, 3.63) is 30.5 Å². The van der Waals surface area contributed by atoms with Crippen LogP contribution in [0.1, 0.15) is 6.42 Å². The number of anilines is 1. The zero-order valence-electron chi connectivity index (χ0n) is 10.5. The van der Waals surface area contributed by atoms with Crippen molar-refractivity contribution in [3.63, 3.8) is 0 Å². The maximum absolute atomic E-state index is 12.1. The number of hydrogen-bond donors (Lipinski definition) is 0. The van der Waals surface area contributed by atoms with Crippen LogP contribution in [0.2, 0.25) is 0 Å². The molecule has 2 heterocycles. The van der Waals surface area contributed by atoms with Gasteiger partial charge in [-0.3, -0.25) is 9.78 Å². The van der Waals surface area contributed by atoms with E-state index >= 15 is 0 Å². The van der Waals surface area contributed by atoms with Crippen LogP contribution in [0.25, 0.3) is 10.9 Å². The Morgan fingerprint density at radius 3 is 3.00 bits per heavy atom. The first-order valence-electron chi connectivity index (χ1n) is 6.06. The number of amides is 1. The Morgan fingerprint density at radius 2 is 2.32 bits per heavy atom. The summed E-state index contributed by atoms with van der Waals surface area (Å²) in [5.41, 5.74) is 1.65. The first kappa shape index (κ1) is 12.4. The highest BCUT2D eigenvalue weighted by molar-refractivity contribution is 9.09. The van der Waals surface area contributed by atoms with Crippen molar-refractivity contribution in [2.45, 2.75) is 11.2 Å². The van der Waals surface area contributed by atoms with Gasteiger partial charge in [-0.05, 0) is 12.1 Å². The summed E-state index contributed by atoms with van der Waals surface area (Å²) in [5, 5.41) is 0.975. The molecule has 1 aromatic carbocycles. The Labute approximate surface area is 119 Å². The summed E-state index contributed by atoms with van der Waals surface area (Å²) in [6.07, 6.45) is 2.26. The van der Waals surface area contributed by atoms with E-state index < -0.39 is 0 Å². The minimum atomic E-state index is 0.113. The van der Waals surface area contributed by atoms with E-state index in [0.717, 1.165) is 22.3 Å². The second-order valence-electron chi connectivity index (χ2n) is 4.53. The Balaban J connectivity index is 2.18. The van der Waals surface area contributed by atoms with Crippen LogP contribution < -0.4 is 9.64 Å². The van der Waals surface area contributed by atoms with Crippen LogP contribution in [0.5, 0.6) is 5.75 Å². The SMILES string of the molecule is COc1cc(N2CC(Br)CC2=O)c2ncccc2c1. The third-order valence-corrected chi connectivity index (χ3v) is 3.88. The number of rotatable bonds is 2. The van der Waals surface area contributed by atoms with Crippen LogP contribution in [0, 0.1) is 0 Å². The number of methoxy groups -OCH3 is 1. The topological polar surface area (TPSA) is 42.4 Å². The molecule has 0 radical (unpaired) electrons. The van der Waals surface area contributed by atoms with Gasteiger partial charge in [0.2, 0.25) is 5.91 Å². The smallest absolute Gasteiger partial charge is 0.228 e. The predicted molar refractivity (Wildman–Crippen MR) is 78.0 cm³/mol. The standard InChI is InChI=1S/C14H13BrN2O2/c1-19-11-5-9-3-2-4-16-14(9)12(7-11)17-8-10(15)6-13(17)18/h2-5,7,10H,6,8H2,1H3. The van der Waals surface area contributed by atoms with Crippen LogP contribution in [0.4, 0.5) is 5.69 Å². The summed E-state index contributed by atoms with van der Waals surface area (Å²) >= 11 is 3.50. The molecule has 0 aliphatic carbocycles. The van der Waals surface area contributed by atoms with Crippen LogP contribution >= 0.6 is 15.9 Å². The lowest BCUT2D eigenvalue weighted by atomic mass is 10.1. The molecule has 1 aromatic heterocycles.